The van der Waals surface area contributed by atoms with E-state index in [1.807, 2.05) is 0 Å². The quantitative estimate of drug-likeness (QED) is 0.813. The van der Waals surface area contributed by atoms with Crippen LogP contribution < -0.4 is 5.32 Å². The first kappa shape index (κ1) is 21.0. The highest BCUT2D eigenvalue weighted by atomic mass is 32.2. The Morgan fingerprint density at radius 2 is 1.69 bits per heavy atom. The number of nitrogens with one attached hydrogen (secondary N) is 1. The molecule has 8 heteroatoms. The zero-order valence-electron chi connectivity index (χ0n) is 16.5. The maximum Gasteiger partial charge on any atom is 0.253 e. The minimum Gasteiger partial charge on any atom is -0.345 e. The largest absolute Gasteiger partial charge is 0.345 e. The van der Waals surface area contributed by atoms with Crippen molar-refractivity contribution in [3.05, 3.63) is 60.2 Å². The third-order valence-electron chi connectivity index (χ3n) is 4.94. The summed E-state index contributed by atoms with van der Waals surface area (Å²) in [6.45, 7) is 0.558. The van der Waals surface area contributed by atoms with Crippen molar-refractivity contribution in [2.24, 2.45) is 5.92 Å². The molecule has 2 aromatic carbocycles. The molecule has 1 heterocycles. The summed E-state index contributed by atoms with van der Waals surface area (Å²) in [6, 6.07) is 14.9. The van der Waals surface area contributed by atoms with Crippen LogP contribution in [-0.4, -0.2) is 56.6 Å². The molecule has 1 atom stereocenters. The second-order valence-corrected chi connectivity index (χ2v) is 9.22. The fourth-order valence-electron chi connectivity index (χ4n) is 3.31. The van der Waals surface area contributed by atoms with Gasteiger partial charge in [0, 0.05) is 38.4 Å². The Balaban J connectivity index is 1.66. The summed E-state index contributed by atoms with van der Waals surface area (Å²) in [5.74, 6) is -0.758. The van der Waals surface area contributed by atoms with E-state index in [-0.39, 0.29) is 23.3 Å². The zero-order chi connectivity index (χ0) is 21.0. The number of carbonyl (C=O) groups is 2. The van der Waals surface area contributed by atoms with Crippen molar-refractivity contribution in [3.8, 4) is 0 Å². The summed E-state index contributed by atoms with van der Waals surface area (Å²) in [5, 5.41) is 2.83. The molecule has 1 aliphatic rings. The Morgan fingerprint density at radius 3 is 2.31 bits per heavy atom. The van der Waals surface area contributed by atoms with Crippen molar-refractivity contribution in [2.45, 2.75) is 17.7 Å². The van der Waals surface area contributed by atoms with Gasteiger partial charge in [-0.05, 0) is 49.2 Å². The molecule has 154 valence electrons. The maximum atomic E-state index is 12.8. The Labute approximate surface area is 171 Å². The fourth-order valence-corrected chi connectivity index (χ4v) is 4.86. The van der Waals surface area contributed by atoms with Crippen molar-refractivity contribution in [3.63, 3.8) is 0 Å². The van der Waals surface area contributed by atoms with Crippen LogP contribution in [0.25, 0.3) is 0 Å². The lowest BCUT2D eigenvalue weighted by Gasteiger charge is -2.31. The number of hydrogen-bond acceptors (Lipinski definition) is 4. The van der Waals surface area contributed by atoms with E-state index in [0.29, 0.717) is 30.6 Å². The first-order valence-electron chi connectivity index (χ1n) is 9.47. The van der Waals surface area contributed by atoms with Gasteiger partial charge in [0.2, 0.25) is 15.9 Å². The van der Waals surface area contributed by atoms with Crippen LogP contribution in [-0.2, 0) is 14.8 Å². The Hall–Kier alpha value is -2.71. The molecule has 0 bridgehead atoms. The van der Waals surface area contributed by atoms with Gasteiger partial charge in [0.05, 0.1) is 10.8 Å². The molecule has 0 spiro atoms. The molecule has 0 aromatic heterocycles. The van der Waals surface area contributed by atoms with E-state index in [9.17, 15) is 18.0 Å². The van der Waals surface area contributed by atoms with E-state index in [2.05, 4.69) is 5.32 Å². The first-order chi connectivity index (χ1) is 13.8. The van der Waals surface area contributed by atoms with Gasteiger partial charge in [-0.1, -0.05) is 18.2 Å². The molecule has 29 heavy (non-hydrogen) atoms. The molecule has 0 aliphatic carbocycles. The number of carbonyl (C=O) groups excluding carboxylic acids is 2. The van der Waals surface area contributed by atoms with Gasteiger partial charge in [0.15, 0.2) is 0 Å². The SMILES string of the molecule is CN(C)C(=O)c1ccc(NC(=O)C2CCCN(S(=O)(=O)c3ccccc3)C2)cc1. The van der Waals surface area contributed by atoms with Crippen molar-refractivity contribution < 1.29 is 18.0 Å². The highest BCUT2D eigenvalue weighted by Crippen LogP contribution is 2.25. The first-order valence-corrected chi connectivity index (χ1v) is 10.9. The predicted octanol–water partition coefficient (Wildman–Crippen LogP) is 2.43. The smallest absolute Gasteiger partial charge is 0.253 e. The summed E-state index contributed by atoms with van der Waals surface area (Å²) in [7, 11) is -0.260. The van der Waals surface area contributed by atoms with Crippen LogP contribution in [0.3, 0.4) is 0 Å². The van der Waals surface area contributed by atoms with E-state index in [4.69, 9.17) is 0 Å². The van der Waals surface area contributed by atoms with Gasteiger partial charge in [-0.15, -0.1) is 0 Å². The molecule has 7 nitrogen and oxygen atoms in total. The normalized spacial score (nSPS) is 17.5. The van der Waals surface area contributed by atoms with E-state index in [1.165, 1.54) is 9.21 Å². The van der Waals surface area contributed by atoms with Crippen LogP contribution in [0.1, 0.15) is 23.2 Å². The van der Waals surface area contributed by atoms with Crippen LogP contribution in [0.4, 0.5) is 5.69 Å². The van der Waals surface area contributed by atoms with Crippen LogP contribution in [0.5, 0.6) is 0 Å². The van der Waals surface area contributed by atoms with Crippen LogP contribution in [0.15, 0.2) is 59.5 Å². The summed E-state index contributed by atoms with van der Waals surface area (Å²) < 4.78 is 27.0. The minimum atomic E-state index is -3.61. The van der Waals surface area contributed by atoms with Gasteiger partial charge in [-0.3, -0.25) is 9.59 Å². The lowest BCUT2D eigenvalue weighted by Crippen LogP contribution is -2.43. The van der Waals surface area contributed by atoms with Crippen molar-refractivity contribution in [1.29, 1.82) is 0 Å². The van der Waals surface area contributed by atoms with Crippen molar-refractivity contribution >= 4 is 27.5 Å². The molecule has 0 radical (unpaired) electrons. The fraction of sp³-hybridized carbons (Fsp3) is 0.333. The number of nitrogens with zero attached hydrogens (tertiary/aromatic N) is 2. The Bertz CT molecular complexity index is 973. The predicted molar refractivity (Wildman–Crippen MR) is 111 cm³/mol. The number of hydrogen-bond donors (Lipinski definition) is 1. The molecule has 0 saturated carbocycles. The monoisotopic (exact) mass is 415 g/mol. The summed E-state index contributed by atoms with van der Waals surface area (Å²) in [4.78, 5) is 26.4. The third kappa shape index (κ3) is 4.83. The molecule has 1 N–H and O–H groups in total. The third-order valence-corrected chi connectivity index (χ3v) is 6.82. The second-order valence-electron chi connectivity index (χ2n) is 7.28. The molecule has 3 rings (SSSR count). The molecule has 1 saturated heterocycles. The molecule has 2 amide bonds. The molecular formula is C21H25N3O4S. The second kappa shape index (κ2) is 8.75. The maximum absolute atomic E-state index is 12.8. The number of sulfonamides is 1. The van der Waals surface area contributed by atoms with Crippen LogP contribution in [0, 0.1) is 5.92 Å². The molecular weight excluding hydrogens is 390 g/mol. The summed E-state index contributed by atoms with van der Waals surface area (Å²) >= 11 is 0. The summed E-state index contributed by atoms with van der Waals surface area (Å²) in [6.07, 6.45) is 1.25. The highest BCUT2D eigenvalue weighted by Gasteiger charge is 2.33. The van der Waals surface area contributed by atoms with Crippen LogP contribution in [0.2, 0.25) is 0 Å². The van der Waals surface area contributed by atoms with Crippen molar-refractivity contribution in [1.82, 2.24) is 9.21 Å². The van der Waals surface area contributed by atoms with Gasteiger partial charge in [-0.2, -0.15) is 4.31 Å². The van der Waals surface area contributed by atoms with Gasteiger partial charge in [0.1, 0.15) is 0 Å². The molecule has 1 aliphatic heterocycles. The van der Waals surface area contributed by atoms with Gasteiger partial charge >= 0.3 is 0 Å². The van der Waals surface area contributed by atoms with E-state index in [0.717, 1.165) is 0 Å². The van der Waals surface area contributed by atoms with E-state index in [1.54, 1.807) is 68.7 Å². The lowest BCUT2D eigenvalue weighted by molar-refractivity contribution is -0.120. The average Bonchev–Trinajstić information content (AvgIpc) is 2.74. The lowest BCUT2D eigenvalue weighted by atomic mass is 9.98. The number of rotatable bonds is 5. The molecule has 1 fully saturated rings. The number of piperidine rings is 1. The summed E-state index contributed by atoms with van der Waals surface area (Å²) in [5.41, 5.74) is 1.11. The standard InChI is InChI=1S/C21H25N3O4S/c1-23(2)21(26)16-10-12-18(13-11-16)22-20(25)17-7-6-14-24(15-17)29(27,28)19-8-4-3-5-9-19/h3-5,8-13,17H,6-7,14-15H2,1-2H3,(H,22,25). The highest BCUT2D eigenvalue weighted by molar-refractivity contribution is 7.89. The van der Waals surface area contributed by atoms with Gasteiger partial charge < -0.3 is 10.2 Å². The number of anilines is 1. The van der Waals surface area contributed by atoms with E-state index < -0.39 is 15.9 Å². The average molecular weight is 416 g/mol. The van der Waals surface area contributed by atoms with Gasteiger partial charge in [-0.25, -0.2) is 8.42 Å². The molecule has 1 unspecified atom stereocenters. The Kier molecular flexibility index (Phi) is 6.34. The molecule has 2 aromatic rings. The number of benzene rings is 2. The zero-order valence-corrected chi connectivity index (χ0v) is 17.4. The van der Waals surface area contributed by atoms with Crippen molar-refractivity contribution in [2.75, 3.05) is 32.5 Å². The van der Waals surface area contributed by atoms with Crippen LogP contribution >= 0.6 is 0 Å². The van der Waals surface area contributed by atoms with E-state index >= 15 is 0 Å². The minimum absolute atomic E-state index is 0.114. The van der Waals surface area contributed by atoms with Gasteiger partial charge in [0.25, 0.3) is 5.91 Å². The topological polar surface area (TPSA) is 86.8 Å². The Morgan fingerprint density at radius 1 is 1.03 bits per heavy atom. The number of amides is 2.